The number of fused-ring (bicyclic) bond motifs is 1. The molecule has 1 aromatic rings. The summed E-state index contributed by atoms with van der Waals surface area (Å²) in [6.07, 6.45) is 1.31. The van der Waals surface area contributed by atoms with Crippen molar-refractivity contribution >= 4 is 29.4 Å². The molecule has 2 saturated heterocycles. The number of terminal acetylenes is 1. The molecule has 2 aliphatic heterocycles. The van der Waals surface area contributed by atoms with E-state index in [1.165, 1.54) is 0 Å². The maximum absolute atomic E-state index is 14.0. The number of carbonyl (C=O) groups excluding carboxylic acids is 2. The van der Waals surface area contributed by atoms with Crippen LogP contribution in [0.2, 0.25) is 22.2 Å². The second-order valence-corrected chi connectivity index (χ2v) is 24.5. The highest BCUT2D eigenvalue weighted by Crippen LogP contribution is 2.51. The average molecular weight is 711 g/mol. The first kappa shape index (κ1) is 39.7. The Hall–Kier alpha value is -2.75. The Labute approximate surface area is 286 Å². The van der Waals surface area contributed by atoms with Crippen LogP contribution < -0.4 is 11.2 Å². The molecule has 2 aliphatic rings. The first-order valence-corrected chi connectivity index (χ1v) is 20.5. The van der Waals surface area contributed by atoms with Gasteiger partial charge in [0.15, 0.2) is 6.23 Å². The van der Waals surface area contributed by atoms with E-state index < -0.39 is 75.9 Å². The van der Waals surface area contributed by atoms with Gasteiger partial charge in [0.05, 0.1) is 6.61 Å². The van der Waals surface area contributed by atoms with Crippen LogP contribution in [0.3, 0.4) is 0 Å². The number of ether oxygens (including phenoxy) is 4. The summed E-state index contributed by atoms with van der Waals surface area (Å²) in [5.74, 6) is 2.59. The summed E-state index contributed by atoms with van der Waals surface area (Å²) in [6.45, 7) is 26.1. The number of rotatable bonds is 6. The molecule has 270 valence electrons. The van der Waals surface area contributed by atoms with E-state index in [1.54, 1.807) is 41.5 Å². The van der Waals surface area contributed by atoms with Crippen molar-refractivity contribution in [2.75, 3.05) is 6.61 Å². The molecule has 0 spiro atoms. The lowest BCUT2D eigenvalue weighted by Gasteiger charge is -2.52. The Morgan fingerprint density at radius 2 is 1.44 bits per heavy atom. The van der Waals surface area contributed by atoms with Gasteiger partial charge in [-0.2, -0.15) is 4.57 Å². The highest BCUT2D eigenvalue weighted by atomic mass is 28.5. The zero-order chi connectivity index (χ0) is 36.8. The van der Waals surface area contributed by atoms with Gasteiger partial charge in [0, 0.05) is 12.3 Å². The normalized spacial score (nSPS) is 25.7. The van der Waals surface area contributed by atoms with Crippen LogP contribution >= 0.6 is 0 Å². The molecule has 0 amide bonds. The lowest BCUT2D eigenvalue weighted by molar-refractivity contribution is -0.111. The van der Waals surface area contributed by atoms with Crippen LogP contribution in [0.5, 0.6) is 0 Å². The van der Waals surface area contributed by atoms with Gasteiger partial charge in [0.1, 0.15) is 23.4 Å². The lowest BCUT2D eigenvalue weighted by Crippen LogP contribution is -2.67. The van der Waals surface area contributed by atoms with Gasteiger partial charge < -0.3 is 31.9 Å². The van der Waals surface area contributed by atoms with Crippen LogP contribution in [0.4, 0.5) is 9.59 Å². The van der Waals surface area contributed by atoms with Gasteiger partial charge in [-0.1, -0.05) is 61.3 Å². The van der Waals surface area contributed by atoms with Crippen molar-refractivity contribution in [1.29, 1.82) is 0 Å². The second-order valence-electron chi connectivity index (χ2n) is 15.7. The fourth-order valence-corrected chi connectivity index (χ4v) is 17.5. The highest BCUT2D eigenvalue weighted by Gasteiger charge is 2.68. The van der Waals surface area contributed by atoms with Gasteiger partial charge in [0.25, 0.3) is 5.56 Å². The standard InChI is InChI=1S/C33H54N2O11Si2/c1-16-33(44-30(39)43-32(13,14)15)26-24(19-40-47(20(2)3,21(4)5)46-48(45-26,22(6)7)23(8)9)41-27(33)34-18-17-25(36)35(28(34)37)29(38)42-31(10,11)12/h1,17-18,20-24,26-27H,19H2,2-15H3/t24-,26-,27-,33-/m1/s1. The number of hydrogen-bond donors (Lipinski definition) is 0. The summed E-state index contributed by atoms with van der Waals surface area (Å²) < 4.78 is 46.0. The monoisotopic (exact) mass is 710 g/mol. The fourth-order valence-electron chi connectivity index (χ4n) is 6.29. The van der Waals surface area contributed by atoms with Crippen LogP contribution in [0.15, 0.2) is 21.9 Å². The summed E-state index contributed by atoms with van der Waals surface area (Å²) >= 11 is 0. The molecule has 15 heteroatoms. The van der Waals surface area contributed by atoms with Crippen LogP contribution in [-0.2, 0) is 31.9 Å². The second kappa shape index (κ2) is 13.9. The average Bonchev–Trinajstić information content (AvgIpc) is 3.17. The van der Waals surface area contributed by atoms with Crippen LogP contribution in [0.1, 0.15) is 103 Å². The molecule has 2 fully saturated rings. The topological polar surface area (TPSA) is 143 Å². The smallest absolute Gasteiger partial charge is 0.443 e. The molecule has 0 N–H and O–H groups in total. The molecule has 0 unspecified atom stereocenters. The SMILES string of the molecule is C#C[C@@]1(OC(=O)OC(C)(C)C)[C@@H]2O[Si](C(C)C)(C(C)C)O[Si](C(C)C)(C(C)C)OC[C@H]2O[C@H]1n1ccc(=O)n(C(=O)OC(C)(C)C)c1=O. The Balaban J connectivity index is 2.36. The van der Waals surface area contributed by atoms with E-state index >= 15 is 0 Å². The molecule has 3 rings (SSSR count). The summed E-state index contributed by atoms with van der Waals surface area (Å²) in [7, 11) is -6.40. The highest BCUT2D eigenvalue weighted by molar-refractivity contribution is 6.84. The molecular formula is C33H54N2O11Si2. The van der Waals surface area contributed by atoms with Gasteiger partial charge >= 0.3 is 35.1 Å². The number of nitrogens with zero attached hydrogens (tertiary/aromatic N) is 2. The Kier molecular flexibility index (Phi) is 11.5. The zero-order valence-corrected chi connectivity index (χ0v) is 32.9. The molecule has 0 aromatic carbocycles. The molecule has 0 radical (unpaired) electrons. The molecule has 0 saturated carbocycles. The first-order valence-electron chi connectivity index (χ1n) is 16.5. The number of hydrogen-bond acceptors (Lipinski definition) is 11. The molecular weight excluding hydrogens is 657 g/mol. The van der Waals surface area contributed by atoms with E-state index in [-0.39, 0.29) is 28.8 Å². The maximum atomic E-state index is 14.0. The van der Waals surface area contributed by atoms with E-state index in [4.69, 9.17) is 38.3 Å². The summed E-state index contributed by atoms with van der Waals surface area (Å²) in [5.41, 5.74) is -6.40. The predicted octanol–water partition coefficient (Wildman–Crippen LogP) is 5.97. The van der Waals surface area contributed by atoms with Crippen molar-refractivity contribution in [2.24, 2.45) is 0 Å². The Morgan fingerprint density at radius 1 is 0.917 bits per heavy atom. The number of carbonyl (C=O) groups is 2. The molecule has 3 heterocycles. The zero-order valence-electron chi connectivity index (χ0n) is 30.9. The minimum absolute atomic E-state index is 0.0228. The van der Waals surface area contributed by atoms with Crippen molar-refractivity contribution in [3.63, 3.8) is 0 Å². The van der Waals surface area contributed by atoms with Crippen molar-refractivity contribution < 1.29 is 41.5 Å². The molecule has 4 atom stereocenters. The molecule has 1 aromatic heterocycles. The third-order valence-electron chi connectivity index (χ3n) is 8.46. The van der Waals surface area contributed by atoms with Crippen molar-refractivity contribution in [3.05, 3.63) is 33.1 Å². The third-order valence-corrected chi connectivity index (χ3v) is 18.7. The van der Waals surface area contributed by atoms with Gasteiger partial charge in [0.2, 0.25) is 5.60 Å². The van der Waals surface area contributed by atoms with Gasteiger partial charge in [-0.15, -0.1) is 6.42 Å². The fraction of sp³-hybridized carbons (Fsp3) is 0.758. The largest absolute Gasteiger partial charge is 0.510 e. The quantitative estimate of drug-likeness (QED) is 0.196. The van der Waals surface area contributed by atoms with Crippen molar-refractivity contribution in [3.8, 4) is 12.3 Å². The van der Waals surface area contributed by atoms with Crippen LogP contribution in [0.25, 0.3) is 0 Å². The van der Waals surface area contributed by atoms with E-state index in [2.05, 4.69) is 33.6 Å². The summed E-state index contributed by atoms with van der Waals surface area (Å²) in [5, 5.41) is 0. The molecule has 0 bridgehead atoms. The van der Waals surface area contributed by atoms with E-state index in [9.17, 15) is 19.2 Å². The molecule has 13 nitrogen and oxygen atoms in total. The summed E-state index contributed by atoms with van der Waals surface area (Å²) in [6, 6.07) is 1.00. The van der Waals surface area contributed by atoms with E-state index in [0.29, 0.717) is 4.57 Å². The molecule has 0 aliphatic carbocycles. The molecule has 48 heavy (non-hydrogen) atoms. The van der Waals surface area contributed by atoms with Gasteiger partial charge in [-0.05, 0) is 63.7 Å². The van der Waals surface area contributed by atoms with Gasteiger partial charge in [-0.25, -0.2) is 14.4 Å². The summed E-state index contributed by atoms with van der Waals surface area (Å²) in [4.78, 5) is 53.5. The first-order chi connectivity index (χ1) is 21.9. The Bertz CT molecular complexity index is 1500. The minimum Gasteiger partial charge on any atom is -0.443 e. The van der Waals surface area contributed by atoms with E-state index in [0.717, 1.165) is 16.8 Å². The minimum atomic E-state index is -3.37. The predicted molar refractivity (Wildman–Crippen MR) is 183 cm³/mol. The van der Waals surface area contributed by atoms with Crippen LogP contribution in [0, 0.1) is 12.3 Å². The lowest BCUT2D eigenvalue weighted by atomic mass is 9.94. The van der Waals surface area contributed by atoms with Crippen molar-refractivity contribution in [1.82, 2.24) is 9.13 Å². The van der Waals surface area contributed by atoms with E-state index in [1.807, 2.05) is 27.7 Å². The van der Waals surface area contributed by atoms with Crippen LogP contribution in [-0.4, -0.2) is 74.1 Å². The third kappa shape index (κ3) is 7.53. The van der Waals surface area contributed by atoms with Crippen molar-refractivity contribution in [2.45, 2.75) is 154 Å². The number of aromatic nitrogens is 2. The Morgan fingerprint density at radius 3 is 1.90 bits per heavy atom. The maximum Gasteiger partial charge on any atom is 0.510 e. The van der Waals surface area contributed by atoms with Gasteiger partial charge in [-0.3, -0.25) is 9.36 Å².